The SMILES string of the molecule is CCCCCn1c(N2CCCN(CCC(CN(C)C(=O)c3cc(OC)c(OC)c(OC)c3)c3cccc(C(F)(F)F)c3)CC2)nc2ccccc21. The van der Waals surface area contributed by atoms with Gasteiger partial charge in [0, 0.05) is 51.3 Å². The van der Waals surface area contributed by atoms with E-state index in [1.54, 1.807) is 30.1 Å². The van der Waals surface area contributed by atoms with Crippen molar-refractivity contribution in [3.8, 4) is 17.2 Å². The summed E-state index contributed by atoms with van der Waals surface area (Å²) in [5, 5.41) is 0. The summed E-state index contributed by atoms with van der Waals surface area (Å²) in [6.07, 6.45) is 0.444. The smallest absolute Gasteiger partial charge is 0.416 e. The summed E-state index contributed by atoms with van der Waals surface area (Å²) in [6, 6.07) is 16.9. The number of benzene rings is 3. The molecular weight excluding hydrogens is 659 g/mol. The van der Waals surface area contributed by atoms with Gasteiger partial charge < -0.3 is 33.5 Å². The van der Waals surface area contributed by atoms with Crippen molar-refractivity contribution in [1.29, 1.82) is 0 Å². The van der Waals surface area contributed by atoms with Crippen LogP contribution in [0.1, 0.15) is 66.4 Å². The maximum Gasteiger partial charge on any atom is 0.416 e. The van der Waals surface area contributed by atoms with E-state index in [4.69, 9.17) is 19.2 Å². The maximum atomic E-state index is 13.8. The van der Waals surface area contributed by atoms with Crippen molar-refractivity contribution in [3.05, 3.63) is 77.4 Å². The van der Waals surface area contributed by atoms with Gasteiger partial charge in [-0.25, -0.2) is 4.98 Å². The van der Waals surface area contributed by atoms with E-state index in [9.17, 15) is 18.0 Å². The van der Waals surface area contributed by atoms with Crippen LogP contribution in [0.2, 0.25) is 0 Å². The fourth-order valence-electron chi connectivity index (χ4n) is 6.95. The Balaban J connectivity index is 1.33. The molecule has 12 heteroatoms. The molecule has 0 radical (unpaired) electrons. The van der Waals surface area contributed by atoms with Crippen LogP contribution >= 0.6 is 0 Å². The number of carbonyl (C=O) groups excluding carboxylic acids is 1. The van der Waals surface area contributed by atoms with Crippen molar-refractivity contribution in [1.82, 2.24) is 19.4 Å². The number of ether oxygens (including phenoxy) is 3. The van der Waals surface area contributed by atoms with Crippen LogP contribution in [0.25, 0.3) is 11.0 Å². The number of aromatic nitrogens is 2. The molecule has 276 valence electrons. The highest BCUT2D eigenvalue weighted by molar-refractivity contribution is 5.95. The number of hydrogen-bond acceptors (Lipinski definition) is 7. The first-order valence-corrected chi connectivity index (χ1v) is 17.7. The highest BCUT2D eigenvalue weighted by Crippen LogP contribution is 2.39. The zero-order valence-electron chi connectivity index (χ0n) is 30.3. The topological polar surface area (TPSA) is 72.3 Å². The molecule has 3 aromatic carbocycles. The molecule has 1 unspecified atom stereocenters. The van der Waals surface area contributed by atoms with Crippen molar-refractivity contribution in [2.24, 2.45) is 0 Å². The minimum atomic E-state index is -4.47. The summed E-state index contributed by atoms with van der Waals surface area (Å²) in [7, 11) is 6.11. The normalized spacial score (nSPS) is 14.7. The molecule has 0 saturated carbocycles. The summed E-state index contributed by atoms with van der Waals surface area (Å²) in [5.41, 5.74) is 2.32. The van der Waals surface area contributed by atoms with Crippen LogP contribution in [0.15, 0.2) is 60.7 Å². The fraction of sp³-hybridized carbons (Fsp3) is 0.487. The van der Waals surface area contributed by atoms with Crippen LogP contribution < -0.4 is 19.1 Å². The van der Waals surface area contributed by atoms with Crippen molar-refractivity contribution in [3.63, 3.8) is 0 Å². The zero-order chi connectivity index (χ0) is 36.5. The van der Waals surface area contributed by atoms with Crippen LogP contribution in [0, 0.1) is 0 Å². The molecule has 1 fully saturated rings. The molecule has 0 N–H and O–H groups in total. The van der Waals surface area contributed by atoms with Gasteiger partial charge in [-0.05, 0) is 68.2 Å². The van der Waals surface area contributed by atoms with E-state index in [1.165, 1.54) is 33.5 Å². The van der Waals surface area contributed by atoms with Gasteiger partial charge in [-0.3, -0.25) is 4.79 Å². The molecule has 0 bridgehead atoms. The van der Waals surface area contributed by atoms with Gasteiger partial charge in [-0.2, -0.15) is 13.2 Å². The Morgan fingerprint density at radius 2 is 1.65 bits per heavy atom. The van der Waals surface area contributed by atoms with Gasteiger partial charge >= 0.3 is 6.18 Å². The Kier molecular flexibility index (Phi) is 12.7. The van der Waals surface area contributed by atoms with E-state index in [-0.39, 0.29) is 18.4 Å². The number of likely N-dealkylation sites (N-methyl/N-ethyl adjacent to an activating group) is 1. The van der Waals surface area contributed by atoms with Crippen LogP contribution in [-0.4, -0.2) is 92.9 Å². The summed E-state index contributed by atoms with van der Waals surface area (Å²) >= 11 is 0. The average molecular weight is 710 g/mol. The second-order valence-electron chi connectivity index (χ2n) is 13.2. The second-order valence-corrected chi connectivity index (χ2v) is 13.2. The molecule has 1 amide bonds. The number of fused-ring (bicyclic) bond motifs is 1. The number of halogens is 3. The predicted molar refractivity (Wildman–Crippen MR) is 194 cm³/mol. The molecule has 1 aliphatic rings. The van der Waals surface area contributed by atoms with Crippen LogP contribution in [0.4, 0.5) is 19.1 Å². The van der Waals surface area contributed by atoms with E-state index in [0.29, 0.717) is 41.3 Å². The standard InChI is InChI=1S/C39H50F3N5O4/c1-6-7-10-20-47-33-16-9-8-15-32(33)43-38(47)46-19-12-18-45(22-23-46)21-17-29(28-13-11-14-31(24-28)39(40,41)42)27-44(2)37(48)30-25-34(49-3)36(51-5)35(26-30)50-4/h8-9,11,13-16,24-26,29H,6-7,10,12,17-23,27H2,1-5H3. The van der Waals surface area contributed by atoms with Crippen molar-refractivity contribution < 1.29 is 32.2 Å². The number of unbranched alkanes of at least 4 members (excludes halogenated alkanes) is 2. The van der Waals surface area contributed by atoms with E-state index in [0.717, 1.165) is 81.5 Å². The number of nitrogens with zero attached hydrogens (tertiary/aromatic N) is 5. The number of anilines is 1. The minimum absolute atomic E-state index is 0.221. The van der Waals surface area contributed by atoms with E-state index < -0.39 is 11.7 Å². The van der Waals surface area contributed by atoms with Gasteiger partial charge in [0.05, 0.1) is 37.9 Å². The first-order valence-electron chi connectivity index (χ1n) is 17.7. The molecule has 1 aliphatic heterocycles. The molecule has 2 heterocycles. The molecule has 5 rings (SSSR count). The summed E-state index contributed by atoms with van der Waals surface area (Å²) < 4.78 is 60.1. The Morgan fingerprint density at radius 3 is 2.33 bits per heavy atom. The number of hydrogen-bond donors (Lipinski definition) is 0. The van der Waals surface area contributed by atoms with Gasteiger partial charge in [0.15, 0.2) is 11.5 Å². The molecular formula is C39H50F3N5O4. The highest BCUT2D eigenvalue weighted by atomic mass is 19.4. The van der Waals surface area contributed by atoms with E-state index in [2.05, 4.69) is 39.5 Å². The lowest BCUT2D eigenvalue weighted by atomic mass is 9.93. The zero-order valence-corrected chi connectivity index (χ0v) is 30.3. The molecule has 0 aliphatic carbocycles. The van der Waals surface area contributed by atoms with Crippen molar-refractivity contribution >= 4 is 22.9 Å². The Bertz CT molecular complexity index is 1740. The van der Waals surface area contributed by atoms with E-state index in [1.807, 2.05) is 6.07 Å². The highest BCUT2D eigenvalue weighted by Gasteiger charge is 2.32. The first kappa shape index (κ1) is 37.8. The fourth-order valence-corrected chi connectivity index (χ4v) is 6.95. The second kappa shape index (κ2) is 17.2. The molecule has 9 nitrogen and oxygen atoms in total. The lowest BCUT2D eigenvalue weighted by Crippen LogP contribution is -2.35. The van der Waals surface area contributed by atoms with Crippen molar-refractivity contribution in [2.45, 2.75) is 57.7 Å². The number of carbonyl (C=O) groups is 1. The molecule has 1 atom stereocenters. The minimum Gasteiger partial charge on any atom is -0.493 e. The van der Waals surface area contributed by atoms with Crippen LogP contribution in [0.3, 0.4) is 0 Å². The van der Waals surface area contributed by atoms with Gasteiger partial charge in [0.25, 0.3) is 5.91 Å². The summed E-state index contributed by atoms with van der Waals surface area (Å²) in [6.45, 7) is 7.36. The number of imidazole rings is 1. The van der Waals surface area contributed by atoms with Gasteiger partial charge in [-0.15, -0.1) is 0 Å². The lowest BCUT2D eigenvalue weighted by molar-refractivity contribution is -0.137. The maximum absolute atomic E-state index is 13.8. The Hall–Kier alpha value is -4.45. The monoisotopic (exact) mass is 709 g/mol. The number of methoxy groups -OCH3 is 3. The summed E-state index contributed by atoms with van der Waals surface area (Å²) in [5.74, 6) is 1.40. The van der Waals surface area contributed by atoms with Crippen molar-refractivity contribution in [2.75, 3.05) is 72.5 Å². The largest absolute Gasteiger partial charge is 0.493 e. The third kappa shape index (κ3) is 9.08. The molecule has 51 heavy (non-hydrogen) atoms. The van der Waals surface area contributed by atoms with Gasteiger partial charge in [0.2, 0.25) is 11.7 Å². The van der Waals surface area contributed by atoms with Gasteiger partial charge in [0.1, 0.15) is 0 Å². The third-order valence-electron chi connectivity index (χ3n) is 9.72. The third-order valence-corrected chi connectivity index (χ3v) is 9.72. The lowest BCUT2D eigenvalue weighted by Gasteiger charge is -2.28. The van der Waals surface area contributed by atoms with E-state index >= 15 is 0 Å². The molecule has 1 saturated heterocycles. The Morgan fingerprint density at radius 1 is 0.902 bits per heavy atom. The molecule has 4 aromatic rings. The quantitative estimate of drug-likeness (QED) is 0.117. The number of rotatable bonds is 15. The number of amides is 1. The van der Waals surface area contributed by atoms with Crippen LogP contribution in [-0.2, 0) is 12.7 Å². The molecule has 0 spiro atoms. The number of alkyl halides is 3. The number of aryl methyl sites for hydroxylation is 1. The van der Waals surface area contributed by atoms with Crippen LogP contribution in [0.5, 0.6) is 17.2 Å². The molecule has 1 aromatic heterocycles. The van der Waals surface area contributed by atoms with Gasteiger partial charge in [-0.1, -0.05) is 50.1 Å². The summed E-state index contributed by atoms with van der Waals surface area (Å²) in [4.78, 5) is 25.1. The Labute approximate surface area is 298 Å². The average Bonchev–Trinajstić information content (AvgIpc) is 3.33. The first-order chi connectivity index (χ1) is 24.6. The number of para-hydroxylation sites is 2. The predicted octanol–water partition coefficient (Wildman–Crippen LogP) is 7.73.